The van der Waals surface area contributed by atoms with Gasteiger partial charge in [-0.3, -0.25) is 0 Å². The van der Waals surface area contributed by atoms with Crippen LogP contribution in [0.4, 0.5) is 10.5 Å². The Kier molecular flexibility index (Phi) is 4.79. The number of hydrogen-bond acceptors (Lipinski definition) is 5. The summed E-state index contributed by atoms with van der Waals surface area (Å²) in [5, 5.41) is 32.0. The highest BCUT2D eigenvalue weighted by Gasteiger charge is 2.12. The highest BCUT2D eigenvalue weighted by Crippen LogP contribution is 2.22. The van der Waals surface area contributed by atoms with Crippen LogP contribution in [0.3, 0.4) is 0 Å². The molecule has 0 spiro atoms. The molecule has 0 bridgehead atoms. The smallest absolute Gasteiger partial charge is 0.335 e. The number of aromatic carboxylic acids is 1. The molecule has 2 aromatic carbocycles. The number of nitrogens with zero attached hydrogens (tertiary/aromatic N) is 3. The van der Waals surface area contributed by atoms with Gasteiger partial charge in [0.15, 0.2) is 0 Å². The average Bonchev–Trinajstić information content (AvgIpc) is 3.10. The Hall–Kier alpha value is -3.88. The van der Waals surface area contributed by atoms with Crippen LogP contribution in [-0.4, -0.2) is 37.2 Å². The van der Waals surface area contributed by atoms with Crippen LogP contribution in [0.1, 0.15) is 16.1 Å². The normalized spacial score (nSPS) is 10.3. The third kappa shape index (κ3) is 3.96. The molecule has 0 saturated carbocycles. The minimum atomic E-state index is -1.12. The number of carbonyl (C=O) groups excluding carboxylic acids is 1. The molecule has 0 unspecified atom stereocenters. The molecular formula is C17H15N5O4. The number of urea groups is 1. The number of aromatic nitrogens is 3. The molecule has 0 atom stereocenters. The second-order valence-corrected chi connectivity index (χ2v) is 5.34. The number of anilines is 1. The lowest BCUT2D eigenvalue weighted by molar-refractivity contribution is 0.0697. The zero-order valence-corrected chi connectivity index (χ0v) is 13.5. The number of carboxylic acids is 1. The van der Waals surface area contributed by atoms with E-state index in [4.69, 9.17) is 5.11 Å². The molecule has 9 heteroatoms. The summed E-state index contributed by atoms with van der Waals surface area (Å²) in [5.74, 6) is -1.26. The number of aromatic hydroxyl groups is 1. The third-order valence-electron chi connectivity index (χ3n) is 3.47. The van der Waals surface area contributed by atoms with Gasteiger partial charge in [0.05, 0.1) is 18.3 Å². The van der Waals surface area contributed by atoms with Crippen LogP contribution < -0.4 is 10.6 Å². The summed E-state index contributed by atoms with van der Waals surface area (Å²) >= 11 is 0. The van der Waals surface area contributed by atoms with Gasteiger partial charge in [-0.25, -0.2) is 14.3 Å². The maximum absolute atomic E-state index is 11.9. The second kappa shape index (κ2) is 7.34. The Morgan fingerprint density at radius 2 is 1.88 bits per heavy atom. The Morgan fingerprint density at radius 3 is 2.62 bits per heavy atom. The lowest BCUT2D eigenvalue weighted by Crippen LogP contribution is -2.28. The summed E-state index contributed by atoms with van der Waals surface area (Å²) in [5.41, 5.74) is 1.28. The number of hydrogen-bond donors (Lipinski definition) is 4. The summed E-state index contributed by atoms with van der Waals surface area (Å²) in [6.07, 6.45) is 1.49. The van der Waals surface area contributed by atoms with Crippen molar-refractivity contribution >= 4 is 17.7 Å². The van der Waals surface area contributed by atoms with Gasteiger partial charge in [0.2, 0.25) is 0 Å². The van der Waals surface area contributed by atoms with Crippen LogP contribution in [0.25, 0.3) is 5.69 Å². The molecule has 0 fully saturated rings. The van der Waals surface area contributed by atoms with Gasteiger partial charge >= 0.3 is 12.0 Å². The van der Waals surface area contributed by atoms with Crippen molar-refractivity contribution in [3.63, 3.8) is 0 Å². The van der Waals surface area contributed by atoms with Crippen LogP contribution in [-0.2, 0) is 6.54 Å². The van der Waals surface area contributed by atoms with Crippen LogP contribution in [0.2, 0.25) is 0 Å². The Labute approximate surface area is 147 Å². The van der Waals surface area contributed by atoms with Crippen LogP contribution in [0.5, 0.6) is 5.75 Å². The molecule has 0 saturated heterocycles. The number of para-hydroxylation sites is 1. The van der Waals surface area contributed by atoms with Crippen molar-refractivity contribution in [3.05, 3.63) is 66.0 Å². The minimum absolute atomic E-state index is 0.00946. The van der Waals surface area contributed by atoms with Gasteiger partial charge in [0.25, 0.3) is 0 Å². The van der Waals surface area contributed by atoms with Crippen molar-refractivity contribution in [1.82, 2.24) is 20.3 Å². The first kappa shape index (κ1) is 17.0. The first-order valence-corrected chi connectivity index (χ1v) is 7.61. The molecule has 0 aliphatic rings. The van der Waals surface area contributed by atoms with Gasteiger partial charge < -0.3 is 20.8 Å². The van der Waals surface area contributed by atoms with E-state index in [0.717, 1.165) is 0 Å². The van der Waals surface area contributed by atoms with E-state index < -0.39 is 12.0 Å². The second-order valence-electron chi connectivity index (χ2n) is 5.34. The molecule has 26 heavy (non-hydrogen) atoms. The number of amides is 2. The number of carbonyl (C=O) groups is 2. The lowest BCUT2D eigenvalue weighted by Gasteiger charge is -2.06. The summed E-state index contributed by atoms with van der Waals surface area (Å²) < 4.78 is 1.24. The molecule has 3 aromatic rings. The largest absolute Gasteiger partial charge is 0.506 e. The SMILES string of the molecule is O=C(NCc1cn(-c2cc(C(=O)O)ccc2O)nn1)Nc1ccccc1. The van der Waals surface area contributed by atoms with Crippen molar-refractivity contribution in [1.29, 1.82) is 0 Å². The minimum Gasteiger partial charge on any atom is -0.506 e. The van der Waals surface area contributed by atoms with Crippen molar-refractivity contribution in [2.45, 2.75) is 6.54 Å². The first-order valence-electron chi connectivity index (χ1n) is 7.61. The standard InChI is InChI=1S/C17H15N5O4/c23-15-7-6-11(16(24)25)8-14(15)22-10-13(20-21-22)9-18-17(26)19-12-4-2-1-3-5-12/h1-8,10,23H,9H2,(H,24,25)(H2,18,19,26). The van der Waals surface area contributed by atoms with Crippen molar-refractivity contribution in [2.75, 3.05) is 5.32 Å². The average molecular weight is 353 g/mol. The van der Waals surface area contributed by atoms with Gasteiger partial charge in [-0.1, -0.05) is 23.4 Å². The van der Waals surface area contributed by atoms with Gasteiger partial charge in [-0.05, 0) is 30.3 Å². The van der Waals surface area contributed by atoms with Crippen LogP contribution in [0, 0.1) is 0 Å². The first-order chi connectivity index (χ1) is 12.5. The zero-order valence-electron chi connectivity index (χ0n) is 13.5. The summed E-state index contributed by atoms with van der Waals surface area (Å²) in [7, 11) is 0. The van der Waals surface area contributed by atoms with Crippen molar-refractivity contribution in [2.24, 2.45) is 0 Å². The Morgan fingerprint density at radius 1 is 1.12 bits per heavy atom. The summed E-state index contributed by atoms with van der Waals surface area (Å²) in [6, 6.07) is 12.4. The quantitative estimate of drug-likeness (QED) is 0.555. The van der Waals surface area contributed by atoms with E-state index >= 15 is 0 Å². The van der Waals surface area contributed by atoms with Crippen molar-refractivity contribution < 1.29 is 19.8 Å². The molecule has 1 heterocycles. The number of nitrogens with one attached hydrogen (secondary N) is 2. The summed E-state index contributed by atoms with van der Waals surface area (Å²) in [4.78, 5) is 22.9. The highest BCUT2D eigenvalue weighted by molar-refractivity contribution is 5.89. The van der Waals surface area contributed by atoms with Gasteiger partial charge in [0.1, 0.15) is 17.1 Å². The van der Waals surface area contributed by atoms with E-state index in [2.05, 4.69) is 20.9 Å². The lowest BCUT2D eigenvalue weighted by atomic mass is 10.2. The molecule has 1 aromatic heterocycles. The predicted octanol–water partition coefficient (Wildman–Crippen LogP) is 1.99. The van der Waals surface area contributed by atoms with E-state index in [1.807, 2.05) is 6.07 Å². The molecule has 4 N–H and O–H groups in total. The fraction of sp³-hybridized carbons (Fsp3) is 0.0588. The molecule has 0 radical (unpaired) electrons. The van der Waals surface area contributed by atoms with Crippen LogP contribution >= 0.6 is 0 Å². The van der Waals surface area contributed by atoms with E-state index in [0.29, 0.717) is 11.4 Å². The van der Waals surface area contributed by atoms with E-state index in [1.54, 1.807) is 24.3 Å². The van der Waals surface area contributed by atoms with E-state index in [1.165, 1.54) is 29.1 Å². The maximum atomic E-state index is 11.9. The predicted molar refractivity (Wildman–Crippen MR) is 92.3 cm³/mol. The van der Waals surface area contributed by atoms with E-state index in [9.17, 15) is 14.7 Å². The summed E-state index contributed by atoms with van der Waals surface area (Å²) in [6.45, 7) is 0.109. The molecule has 0 aliphatic heterocycles. The Balaban J connectivity index is 1.66. The van der Waals surface area contributed by atoms with Crippen LogP contribution in [0.15, 0.2) is 54.7 Å². The maximum Gasteiger partial charge on any atom is 0.335 e. The fourth-order valence-corrected chi connectivity index (χ4v) is 2.20. The molecule has 132 valence electrons. The number of carboxylic acid groups (broad SMARTS) is 1. The number of phenolic OH excluding ortho intramolecular Hbond substituents is 1. The van der Waals surface area contributed by atoms with Gasteiger partial charge in [-0.15, -0.1) is 5.10 Å². The van der Waals surface area contributed by atoms with Gasteiger partial charge in [0, 0.05) is 5.69 Å². The fourth-order valence-electron chi connectivity index (χ4n) is 2.20. The van der Waals surface area contributed by atoms with Crippen molar-refractivity contribution in [3.8, 4) is 11.4 Å². The number of phenols is 1. The van der Waals surface area contributed by atoms with E-state index in [-0.39, 0.29) is 23.5 Å². The molecule has 0 aliphatic carbocycles. The molecule has 9 nitrogen and oxygen atoms in total. The highest BCUT2D eigenvalue weighted by atomic mass is 16.4. The monoisotopic (exact) mass is 353 g/mol. The molecule has 3 rings (SSSR count). The zero-order chi connectivity index (χ0) is 18.5. The molecule has 2 amide bonds. The van der Waals surface area contributed by atoms with Gasteiger partial charge in [-0.2, -0.15) is 0 Å². The molecular weight excluding hydrogens is 338 g/mol. The topological polar surface area (TPSA) is 129 Å². The number of benzene rings is 2. The Bertz CT molecular complexity index is 939. The third-order valence-corrected chi connectivity index (χ3v) is 3.47. The number of rotatable bonds is 5.